The van der Waals surface area contributed by atoms with Gasteiger partial charge in [0.1, 0.15) is 5.82 Å². The first-order valence-electron chi connectivity index (χ1n) is 10.5. The zero-order valence-electron chi connectivity index (χ0n) is 18.3. The molecule has 0 radical (unpaired) electrons. The van der Waals surface area contributed by atoms with Crippen LogP contribution >= 0.6 is 11.6 Å². The number of carbonyl (C=O) groups excluding carboxylic acids is 1. The smallest absolute Gasteiger partial charge is 0.251 e. The number of nitrogens with one attached hydrogen (secondary N) is 1. The number of amides is 1. The van der Waals surface area contributed by atoms with Crippen LogP contribution in [0.4, 0.5) is 4.39 Å². The predicted octanol–water partition coefficient (Wildman–Crippen LogP) is 3.85. The van der Waals surface area contributed by atoms with Gasteiger partial charge in [0, 0.05) is 35.8 Å². The second-order valence-corrected chi connectivity index (χ2v) is 11.1. The fourth-order valence-electron chi connectivity index (χ4n) is 3.73. The average Bonchev–Trinajstić information content (AvgIpc) is 2.75. The third-order valence-electron chi connectivity index (χ3n) is 5.57. The summed E-state index contributed by atoms with van der Waals surface area (Å²) in [7, 11) is -3.42. The monoisotopic (exact) mass is 482 g/mol. The van der Waals surface area contributed by atoms with Gasteiger partial charge >= 0.3 is 0 Å². The average molecular weight is 483 g/mol. The maximum Gasteiger partial charge on any atom is 0.251 e. The lowest BCUT2D eigenvalue weighted by atomic mass is 10.0. The van der Waals surface area contributed by atoms with E-state index >= 15 is 0 Å². The van der Waals surface area contributed by atoms with Crippen molar-refractivity contribution in [3.8, 4) is 0 Å². The second-order valence-electron chi connectivity index (χ2n) is 8.16. The summed E-state index contributed by atoms with van der Waals surface area (Å²) in [5.74, 6) is -0.809. The highest BCUT2D eigenvalue weighted by atomic mass is 35.5. The molecule has 0 spiro atoms. The molecule has 0 aliphatic carbocycles. The molecule has 9 heteroatoms. The fourth-order valence-corrected chi connectivity index (χ4v) is 5.08. The van der Waals surface area contributed by atoms with Crippen molar-refractivity contribution in [2.75, 3.05) is 26.2 Å². The van der Waals surface area contributed by atoms with E-state index < -0.39 is 26.9 Å². The molecule has 2 aromatic carbocycles. The van der Waals surface area contributed by atoms with E-state index in [2.05, 4.69) is 10.2 Å². The van der Waals surface area contributed by atoms with E-state index in [9.17, 15) is 17.6 Å². The predicted molar refractivity (Wildman–Crippen MR) is 122 cm³/mol. The number of hydrogen-bond acceptors (Lipinski definition) is 5. The Hall–Kier alpha value is -2.00. The number of rotatable bonds is 7. The Bertz CT molecular complexity index is 1040. The molecule has 0 saturated carbocycles. The number of ether oxygens (including phenoxy) is 1. The van der Waals surface area contributed by atoms with Crippen molar-refractivity contribution in [2.24, 2.45) is 0 Å². The molecule has 0 bridgehead atoms. The van der Waals surface area contributed by atoms with Gasteiger partial charge in [0.25, 0.3) is 5.91 Å². The summed E-state index contributed by atoms with van der Waals surface area (Å²) in [6, 6.07) is 9.88. The molecule has 6 nitrogen and oxygen atoms in total. The maximum absolute atomic E-state index is 14.7. The molecule has 1 N–H and O–H groups in total. The summed E-state index contributed by atoms with van der Waals surface area (Å²) in [6.45, 7) is 6.95. The van der Waals surface area contributed by atoms with Crippen LogP contribution in [0.15, 0.2) is 47.4 Å². The number of carbonyl (C=O) groups is 1. The lowest BCUT2D eigenvalue weighted by Gasteiger charge is -2.38. The first-order valence-corrected chi connectivity index (χ1v) is 12.5. The molecule has 1 amide bonds. The van der Waals surface area contributed by atoms with Crippen molar-refractivity contribution in [2.45, 2.75) is 43.1 Å². The van der Waals surface area contributed by atoms with Gasteiger partial charge < -0.3 is 10.1 Å². The van der Waals surface area contributed by atoms with Crippen LogP contribution in [0.5, 0.6) is 0 Å². The molecule has 1 fully saturated rings. The Morgan fingerprint density at radius 2 is 1.94 bits per heavy atom. The SMILES string of the molecule is CC1CN(C(CNC(=O)c2ccc(S(=O)(=O)C(C)C)cc2)c2c(F)cccc2Cl)CCO1. The van der Waals surface area contributed by atoms with E-state index in [-0.39, 0.29) is 23.5 Å². The highest BCUT2D eigenvalue weighted by Crippen LogP contribution is 2.31. The quantitative estimate of drug-likeness (QED) is 0.648. The Morgan fingerprint density at radius 3 is 2.53 bits per heavy atom. The summed E-state index contributed by atoms with van der Waals surface area (Å²) in [4.78, 5) is 15.0. The number of sulfone groups is 1. The van der Waals surface area contributed by atoms with Gasteiger partial charge in [-0.3, -0.25) is 9.69 Å². The van der Waals surface area contributed by atoms with Crippen LogP contribution in [0, 0.1) is 5.82 Å². The summed E-state index contributed by atoms with van der Waals surface area (Å²) in [5, 5.41) is 2.60. The van der Waals surface area contributed by atoms with Crippen LogP contribution < -0.4 is 5.32 Å². The summed E-state index contributed by atoms with van der Waals surface area (Å²) in [5.41, 5.74) is 0.656. The van der Waals surface area contributed by atoms with E-state index in [0.29, 0.717) is 35.8 Å². The molecule has 1 aliphatic rings. The van der Waals surface area contributed by atoms with Gasteiger partial charge in [0.05, 0.1) is 28.9 Å². The van der Waals surface area contributed by atoms with Crippen LogP contribution in [-0.4, -0.2) is 56.8 Å². The molecule has 1 aliphatic heterocycles. The van der Waals surface area contributed by atoms with Crippen LogP contribution in [0.25, 0.3) is 0 Å². The van der Waals surface area contributed by atoms with E-state index in [0.717, 1.165) is 0 Å². The minimum atomic E-state index is -3.42. The Labute approximate surface area is 193 Å². The van der Waals surface area contributed by atoms with Gasteiger partial charge in [-0.05, 0) is 57.2 Å². The molecular formula is C23H28ClFN2O4S. The van der Waals surface area contributed by atoms with Crippen molar-refractivity contribution < 1.29 is 22.3 Å². The Kier molecular flexibility index (Phi) is 7.92. The van der Waals surface area contributed by atoms with E-state index in [1.807, 2.05) is 6.92 Å². The zero-order chi connectivity index (χ0) is 23.5. The molecular weight excluding hydrogens is 455 g/mol. The number of halogens is 2. The normalized spacial score (nSPS) is 18.5. The molecule has 3 rings (SSSR count). The second kappa shape index (κ2) is 10.3. The van der Waals surface area contributed by atoms with E-state index in [1.165, 1.54) is 30.3 Å². The maximum atomic E-state index is 14.7. The van der Waals surface area contributed by atoms with Crippen molar-refractivity contribution in [1.29, 1.82) is 0 Å². The van der Waals surface area contributed by atoms with Gasteiger partial charge in [0.2, 0.25) is 0 Å². The van der Waals surface area contributed by atoms with Gasteiger partial charge in [-0.2, -0.15) is 0 Å². The van der Waals surface area contributed by atoms with Crippen LogP contribution in [0.2, 0.25) is 5.02 Å². The van der Waals surface area contributed by atoms with Gasteiger partial charge in [-0.15, -0.1) is 0 Å². The van der Waals surface area contributed by atoms with Gasteiger partial charge in [-0.1, -0.05) is 17.7 Å². The number of nitrogens with zero attached hydrogens (tertiary/aromatic N) is 1. The standard InChI is InChI=1S/C23H28ClFN2O4S/c1-15(2)32(29,30)18-9-7-17(8-10-18)23(28)26-13-21(27-11-12-31-16(3)14-27)22-19(24)5-4-6-20(22)25/h4-10,15-16,21H,11-14H2,1-3H3,(H,26,28). The highest BCUT2D eigenvalue weighted by molar-refractivity contribution is 7.92. The summed E-state index contributed by atoms with van der Waals surface area (Å²) >= 11 is 6.33. The molecule has 1 saturated heterocycles. The van der Waals surface area contributed by atoms with Crippen LogP contribution in [0.1, 0.15) is 42.7 Å². The molecule has 2 atom stereocenters. The molecule has 174 valence electrons. The van der Waals surface area contributed by atoms with Crippen molar-refractivity contribution >= 4 is 27.3 Å². The number of benzene rings is 2. The fraction of sp³-hybridized carbons (Fsp3) is 0.435. The van der Waals surface area contributed by atoms with Crippen molar-refractivity contribution in [3.63, 3.8) is 0 Å². The Balaban J connectivity index is 1.79. The molecule has 0 aromatic heterocycles. The summed E-state index contributed by atoms with van der Waals surface area (Å²) < 4.78 is 44.9. The van der Waals surface area contributed by atoms with Crippen LogP contribution in [-0.2, 0) is 14.6 Å². The lowest BCUT2D eigenvalue weighted by Crippen LogP contribution is -2.47. The molecule has 1 heterocycles. The van der Waals surface area contributed by atoms with Crippen LogP contribution in [0.3, 0.4) is 0 Å². The molecule has 2 aromatic rings. The van der Waals surface area contributed by atoms with Crippen molar-refractivity contribution in [3.05, 3.63) is 64.4 Å². The highest BCUT2D eigenvalue weighted by Gasteiger charge is 2.29. The third kappa shape index (κ3) is 5.49. The minimum Gasteiger partial charge on any atom is -0.376 e. The number of morpholine rings is 1. The van der Waals surface area contributed by atoms with Gasteiger partial charge in [-0.25, -0.2) is 12.8 Å². The number of hydrogen-bond donors (Lipinski definition) is 1. The van der Waals surface area contributed by atoms with E-state index in [4.69, 9.17) is 16.3 Å². The van der Waals surface area contributed by atoms with Crippen molar-refractivity contribution in [1.82, 2.24) is 10.2 Å². The van der Waals surface area contributed by atoms with Gasteiger partial charge in [0.15, 0.2) is 9.84 Å². The summed E-state index contributed by atoms with van der Waals surface area (Å²) in [6.07, 6.45) is -0.0250. The first kappa shape index (κ1) is 24.6. The lowest BCUT2D eigenvalue weighted by molar-refractivity contribution is -0.0346. The van der Waals surface area contributed by atoms with E-state index in [1.54, 1.807) is 26.0 Å². The third-order valence-corrected chi connectivity index (χ3v) is 8.07. The zero-order valence-corrected chi connectivity index (χ0v) is 19.9. The molecule has 2 unspecified atom stereocenters. The largest absolute Gasteiger partial charge is 0.376 e. The first-order chi connectivity index (χ1) is 15.1. The molecule has 32 heavy (non-hydrogen) atoms. The minimum absolute atomic E-state index is 0.0250. The Morgan fingerprint density at radius 1 is 1.25 bits per heavy atom. The topological polar surface area (TPSA) is 75.7 Å².